The number of benzene rings is 1. The molecule has 0 spiro atoms. The summed E-state index contributed by atoms with van der Waals surface area (Å²) in [7, 11) is -3.77. The Kier molecular flexibility index (Phi) is 7.65. The van der Waals surface area contributed by atoms with Crippen LogP contribution in [-0.4, -0.2) is 72.2 Å². The number of piperazine rings is 1. The first-order valence-electron chi connectivity index (χ1n) is 9.43. The van der Waals surface area contributed by atoms with Gasteiger partial charge in [-0.3, -0.25) is 4.79 Å². The van der Waals surface area contributed by atoms with Crippen molar-refractivity contribution in [1.29, 1.82) is 5.26 Å². The molecular weight excluding hydrogens is 444 g/mol. The number of nitriles is 1. The highest BCUT2D eigenvalue weighted by Crippen LogP contribution is 2.26. The Bertz CT molecular complexity index is 1030. The molecule has 0 unspecified atom stereocenters. The number of anilines is 1. The Labute approximate surface area is 184 Å². The summed E-state index contributed by atoms with van der Waals surface area (Å²) in [6.45, 7) is 3.91. The van der Waals surface area contributed by atoms with Gasteiger partial charge in [0.15, 0.2) is 4.34 Å². The minimum Gasteiger partial charge on any atom is -0.360 e. The van der Waals surface area contributed by atoms with Gasteiger partial charge in [-0.25, -0.2) is 8.42 Å². The Hall–Kier alpha value is -2.20. The van der Waals surface area contributed by atoms with E-state index in [4.69, 9.17) is 0 Å². The van der Waals surface area contributed by atoms with Crippen LogP contribution >= 0.6 is 23.1 Å². The zero-order valence-electron chi connectivity index (χ0n) is 16.4. The first-order valence-corrected chi connectivity index (χ1v) is 12.7. The number of nitrogens with one attached hydrogen (secondary N) is 1. The molecule has 0 aliphatic carbocycles. The van der Waals surface area contributed by atoms with Gasteiger partial charge in [0.25, 0.3) is 0 Å². The third-order valence-electron chi connectivity index (χ3n) is 4.47. The molecule has 1 amide bonds. The van der Waals surface area contributed by atoms with Crippen molar-refractivity contribution in [3.63, 3.8) is 0 Å². The van der Waals surface area contributed by atoms with Gasteiger partial charge >= 0.3 is 0 Å². The molecule has 2 heterocycles. The monoisotopic (exact) mass is 466 g/mol. The van der Waals surface area contributed by atoms with Crippen molar-refractivity contribution in [3.8, 4) is 6.07 Å². The second kappa shape index (κ2) is 10.2. The number of nitrogens with zero attached hydrogens (tertiary/aromatic N) is 5. The molecule has 9 nitrogen and oxygen atoms in total. The van der Waals surface area contributed by atoms with Gasteiger partial charge in [-0.15, -0.1) is 10.2 Å². The highest BCUT2D eigenvalue weighted by Gasteiger charge is 2.31. The summed E-state index contributed by atoms with van der Waals surface area (Å²) in [5, 5.41) is 21.2. The van der Waals surface area contributed by atoms with E-state index in [9.17, 15) is 18.5 Å². The van der Waals surface area contributed by atoms with E-state index in [-0.39, 0.29) is 35.2 Å². The number of aromatic nitrogens is 2. The quantitative estimate of drug-likeness (QED) is 0.586. The van der Waals surface area contributed by atoms with Gasteiger partial charge in [0.1, 0.15) is 6.07 Å². The molecule has 1 N–H and O–H groups in total. The molecule has 1 aromatic heterocycles. The Morgan fingerprint density at radius 2 is 2.00 bits per heavy atom. The van der Waals surface area contributed by atoms with Crippen molar-refractivity contribution in [1.82, 2.24) is 19.4 Å². The fourth-order valence-electron chi connectivity index (χ4n) is 2.89. The first kappa shape index (κ1) is 22.5. The highest BCUT2D eigenvalue weighted by atomic mass is 32.2. The van der Waals surface area contributed by atoms with Gasteiger partial charge in [0.05, 0.1) is 16.2 Å². The van der Waals surface area contributed by atoms with Crippen LogP contribution in [0.15, 0.2) is 33.5 Å². The Morgan fingerprint density at radius 1 is 1.27 bits per heavy atom. The first-order chi connectivity index (χ1) is 14.5. The predicted octanol–water partition coefficient (Wildman–Crippen LogP) is 1.86. The van der Waals surface area contributed by atoms with E-state index in [2.05, 4.69) is 22.4 Å². The maximum absolute atomic E-state index is 12.9. The third-order valence-corrected chi connectivity index (χ3v) is 8.42. The zero-order chi connectivity index (χ0) is 21.6. The van der Waals surface area contributed by atoms with Crippen LogP contribution in [0.1, 0.15) is 18.9 Å². The molecule has 1 aromatic carbocycles. The second-order valence-electron chi connectivity index (χ2n) is 6.48. The molecule has 0 radical (unpaired) electrons. The molecule has 30 heavy (non-hydrogen) atoms. The molecule has 1 aliphatic rings. The lowest BCUT2D eigenvalue weighted by Gasteiger charge is -2.34. The number of sulfonamides is 1. The van der Waals surface area contributed by atoms with E-state index >= 15 is 0 Å². The number of thioether (sulfide) groups is 1. The molecule has 2 aromatic rings. The summed E-state index contributed by atoms with van der Waals surface area (Å²) in [6.07, 6.45) is 0.990. The lowest BCUT2D eigenvalue weighted by molar-refractivity contribution is -0.129. The predicted molar refractivity (Wildman–Crippen MR) is 116 cm³/mol. The van der Waals surface area contributed by atoms with Gasteiger partial charge in [0, 0.05) is 32.7 Å². The van der Waals surface area contributed by atoms with E-state index in [1.165, 1.54) is 39.5 Å². The molecule has 3 rings (SSSR count). The van der Waals surface area contributed by atoms with Crippen LogP contribution in [0.5, 0.6) is 0 Å². The second-order valence-corrected chi connectivity index (χ2v) is 10.6. The van der Waals surface area contributed by atoms with Gasteiger partial charge in [0.2, 0.25) is 21.1 Å². The molecule has 0 atom stereocenters. The maximum atomic E-state index is 12.9. The highest BCUT2D eigenvalue weighted by molar-refractivity contribution is 8.01. The lowest BCUT2D eigenvalue weighted by Crippen LogP contribution is -2.51. The summed E-state index contributed by atoms with van der Waals surface area (Å²) >= 11 is 2.74. The van der Waals surface area contributed by atoms with Crippen LogP contribution in [0.3, 0.4) is 0 Å². The van der Waals surface area contributed by atoms with Crippen molar-refractivity contribution in [3.05, 3.63) is 29.8 Å². The molecule has 1 fully saturated rings. The minimum absolute atomic E-state index is 0.00610. The number of carbonyl (C=O) groups is 1. The molecule has 1 saturated heterocycles. The van der Waals surface area contributed by atoms with Gasteiger partial charge in [-0.1, -0.05) is 42.2 Å². The smallest absolute Gasteiger partial charge is 0.244 e. The zero-order valence-corrected chi connectivity index (χ0v) is 18.9. The molecule has 1 aliphatic heterocycles. The summed E-state index contributed by atoms with van der Waals surface area (Å²) in [5.41, 5.74) is 0.122. The number of hydrogen-bond donors (Lipinski definition) is 1. The fraction of sp³-hybridized carbons (Fsp3) is 0.444. The van der Waals surface area contributed by atoms with Crippen molar-refractivity contribution in [2.45, 2.75) is 22.6 Å². The van der Waals surface area contributed by atoms with Gasteiger partial charge in [-0.05, 0) is 18.6 Å². The van der Waals surface area contributed by atoms with E-state index in [1.54, 1.807) is 17.0 Å². The fourth-order valence-corrected chi connectivity index (χ4v) is 6.13. The Morgan fingerprint density at radius 3 is 2.70 bits per heavy atom. The van der Waals surface area contributed by atoms with Crippen LogP contribution in [0.4, 0.5) is 5.13 Å². The van der Waals surface area contributed by atoms with Crippen molar-refractivity contribution in [2.24, 2.45) is 0 Å². The van der Waals surface area contributed by atoms with Crippen LogP contribution < -0.4 is 5.32 Å². The average Bonchev–Trinajstić information content (AvgIpc) is 3.23. The maximum Gasteiger partial charge on any atom is 0.244 e. The van der Waals surface area contributed by atoms with E-state index in [1.807, 2.05) is 6.07 Å². The molecule has 160 valence electrons. The summed E-state index contributed by atoms with van der Waals surface area (Å²) in [6, 6.07) is 8.08. The largest absolute Gasteiger partial charge is 0.360 e. The van der Waals surface area contributed by atoms with Crippen molar-refractivity contribution in [2.75, 3.05) is 43.8 Å². The van der Waals surface area contributed by atoms with Crippen LogP contribution in [0.2, 0.25) is 0 Å². The molecule has 12 heteroatoms. The number of rotatable bonds is 8. The topological polar surface area (TPSA) is 119 Å². The lowest BCUT2D eigenvalue weighted by atomic mass is 10.2. The summed E-state index contributed by atoms with van der Waals surface area (Å²) in [5.74, 6) is 0.166. The molecule has 0 bridgehead atoms. The molecular formula is C18H22N6O3S3. The number of amides is 1. The Balaban J connectivity index is 1.53. The van der Waals surface area contributed by atoms with Crippen LogP contribution in [0.25, 0.3) is 0 Å². The van der Waals surface area contributed by atoms with Gasteiger partial charge < -0.3 is 10.2 Å². The van der Waals surface area contributed by atoms with Crippen LogP contribution in [0, 0.1) is 11.3 Å². The summed E-state index contributed by atoms with van der Waals surface area (Å²) < 4.78 is 27.8. The number of carbonyl (C=O) groups excluding carboxylic acids is 1. The third kappa shape index (κ3) is 5.28. The number of hydrogen-bond acceptors (Lipinski definition) is 9. The van der Waals surface area contributed by atoms with E-state index in [0.29, 0.717) is 13.1 Å². The summed E-state index contributed by atoms with van der Waals surface area (Å²) in [4.78, 5) is 14.2. The standard InChI is InChI=1S/C18H22N6O3S3/c1-2-7-20-17-21-22-18(29-17)28-13-16(25)23-8-10-24(11-9-23)30(26,27)15-6-4-3-5-14(15)12-19/h3-6H,2,7-11,13H2,1H3,(H,20,21). The van der Waals surface area contributed by atoms with Crippen molar-refractivity contribution >= 4 is 44.2 Å². The van der Waals surface area contributed by atoms with Crippen molar-refractivity contribution < 1.29 is 13.2 Å². The van der Waals surface area contributed by atoms with Gasteiger partial charge in [-0.2, -0.15) is 9.57 Å². The minimum atomic E-state index is -3.77. The van der Waals surface area contributed by atoms with Crippen LogP contribution in [-0.2, 0) is 14.8 Å². The average molecular weight is 467 g/mol. The SMILES string of the molecule is CCCNc1nnc(SCC(=O)N2CCN(S(=O)(=O)c3ccccc3C#N)CC2)s1. The van der Waals surface area contributed by atoms with E-state index in [0.717, 1.165) is 22.4 Å². The molecule has 0 saturated carbocycles. The van der Waals surface area contributed by atoms with E-state index < -0.39 is 10.0 Å². The normalized spacial score (nSPS) is 15.0.